The number of alkyl halides is 3. The quantitative estimate of drug-likeness (QED) is 0.391. The molecule has 0 aliphatic carbocycles. The second-order valence-corrected chi connectivity index (χ2v) is 2.29. The van der Waals surface area contributed by atoms with Crippen molar-refractivity contribution in [2.75, 3.05) is 0 Å². The van der Waals surface area contributed by atoms with Crippen LogP contribution in [0.4, 0.5) is 17.6 Å². The highest BCUT2D eigenvalue weighted by molar-refractivity contribution is 5.25. The molecule has 0 heterocycles. The van der Waals surface area contributed by atoms with Crippen molar-refractivity contribution < 1.29 is 22.3 Å². The van der Waals surface area contributed by atoms with Gasteiger partial charge in [-0.1, -0.05) is 27.0 Å². The average Bonchev–Trinajstić information content (AvgIpc) is 2.03. The molecule has 0 atom stereocenters. The zero-order chi connectivity index (χ0) is 12.6. The van der Waals surface area contributed by atoms with Gasteiger partial charge in [0.2, 0.25) is 0 Å². The van der Waals surface area contributed by atoms with Crippen molar-refractivity contribution in [2.45, 2.75) is 27.1 Å². The first-order chi connectivity index (χ1) is 6.72. The Morgan fingerprint density at radius 3 is 1.87 bits per heavy atom. The molecule has 0 rings (SSSR count). The molecule has 0 bridgehead atoms. The van der Waals surface area contributed by atoms with Gasteiger partial charge in [0, 0.05) is 6.08 Å². The van der Waals surface area contributed by atoms with E-state index in [0.29, 0.717) is 6.08 Å². The van der Waals surface area contributed by atoms with E-state index in [1.54, 1.807) is 0 Å². The molecule has 0 saturated heterocycles. The molecule has 88 valence electrons. The second kappa shape index (κ2) is 7.09. The molecule has 15 heavy (non-hydrogen) atoms. The van der Waals surface area contributed by atoms with E-state index in [4.69, 9.17) is 0 Å². The van der Waals surface area contributed by atoms with Crippen molar-refractivity contribution in [1.29, 1.82) is 0 Å². The fourth-order valence-corrected chi connectivity index (χ4v) is 0.443. The molecule has 0 radical (unpaired) electrons. The summed E-state index contributed by atoms with van der Waals surface area (Å²) in [5, 5.41) is 0. The minimum Gasteiger partial charge on any atom is -0.406 e. The van der Waals surface area contributed by atoms with E-state index in [1.807, 2.05) is 13.8 Å². The lowest BCUT2D eigenvalue weighted by Gasteiger charge is -2.07. The monoisotopic (exact) mass is 226 g/mol. The molecule has 0 aliphatic rings. The topological polar surface area (TPSA) is 9.23 Å². The molecule has 5 heteroatoms. The van der Waals surface area contributed by atoms with E-state index in [0.717, 1.165) is 0 Å². The first-order valence-corrected chi connectivity index (χ1v) is 4.20. The van der Waals surface area contributed by atoms with E-state index in [-0.39, 0.29) is 5.57 Å². The van der Waals surface area contributed by atoms with E-state index < -0.39 is 17.9 Å². The summed E-state index contributed by atoms with van der Waals surface area (Å²) >= 11 is 0. The summed E-state index contributed by atoms with van der Waals surface area (Å²) in [5.41, 5.74) is 0.00641. The Morgan fingerprint density at radius 1 is 1.20 bits per heavy atom. The van der Waals surface area contributed by atoms with Crippen LogP contribution in [0.3, 0.4) is 0 Å². The van der Waals surface area contributed by atoms with Crippen LogP contribution in [0.25, 0.3) is 0 Å². The summed E-state index contributed by atoms with van der Waals surface area (Å²) in [7, 11) is 0. The Bertz CT molecular complexity index is 251. The number of allylic oxidation sites excluding steroid dienone is 3. The van der Waals surface area contributed by atoms with Gasteiger partial charge in [-0.2, -0.15) is 0 Å². The number of hydrogen-bond donors (Lipinski definition) is 0. The van der Waals surface area contributed by atoms with Gasteiger partial charge in [-0.15, -0.1) is 13.2 Å². The Labute approximate surface area is 86.7 Å². The molecule has 0 saturated carbocycles. The maximum atomic E-state index is 12.6. The minimum absolute atomic E-state index is 0.00641. The molecule has 0 unspecified atom stereocenters. The van der Waals surface area contributed by atoms with Crippen molar-refractivity contribution in [3.8, 4) is 0 Å². The van der Waals surface area contributed by atoms with E-state index >= 15 is 0 Å². The fourth-order valence-electron chi connectivity index (χ4n) is 0.443. The van der Waals surface area contributed by atoms with Crippen molar-refractivity contribution in [3.05, 3.63) is 36.4 Å². The third-order valence-corrected chi connectivity index (χ3v) is 0.942. The first kappa shape index (κ1) is 16.2. The predicted molar refractivity (Wildman–Crippen MR) is 51.6 cm³/mol. The van der Waals surface area contributed by atoms with Gasteiger partial charge in [-0.05, 0) is 12.5 Å². The van der Waals surface area contributed by atoms with E-state index in [9.17, 15) is 17.6 Å². The standard InChI is InChI=1S/C8H8F4O.C2H6/c1-5(2)7(9)4-6(3)13-8(10,11)12;1-2/h4H,1,3H2,2H3;1-2H3/b7-4+;. The zero-order valence-electron chi connectivity index (χ0n) is 8.91. The first-order valence-electron chi connectivity index (χ1n) is 4.20. The molecule has 0 fully saturated rings. The van der Waals surface area contributed by atoms with Crippen molar-refractivity contribution in [3.63, 3.8) is 0 Å². The molecule has 0 aromatic carbocycles. The predicted octanol–water partition coefficient (Wildman–Crippen LogP) is 4.49. The molecule has 1 nitrogen and oxygen atoms in total. The van der Waals surface area contributed by atoms with Crippen LogP contribution in [0, 0.1) is 0 Å². The third-order valence-electron chi connectivity index (χ3n) is 0.942. The molecule has 0 aliphatic heterocycles. The highest BCUT2D eigenvalue weighted by Gasteiger charge is 2.31. The van der Waals surface area contributed by atoms with Crippen LogP contribution in [-0.4, -0.2) is 6.36 Å². The third kappa shape index (κ3) is 10.7. The highest BCUT2D eigenvalue weighted by Crippen LogP contribution is 2.22. The Morgan fingerprint density at radius 2 is 1.60 bits per heavy atom. The normalized spacial score (nSPS) is 11.3. The number of rotatable bonds is 3. The summed E-state index contributed by atoms with van der Waals surface area (Å²) in [6, 6.07) is 0. The Hall–Kier alpha value is -1.26. The lowest BCUT2D eigenvalue weighted by atomic mass is 10.3. The average molecular weight is 226 g/mol. The summed E-state index contributed by atoms with van der Waals surface area (Å²) in [4.78, 5) is 0. The second-order valence-electron chi connectivity index (χ2n) is 2.29. The molecule has 0 N–H and O–H groups in total. The number of ether oxygens (including phenoxy) is 1. The maximum Gasteiger partial charge on any atom is 0.573 e. The van der Waals surface area contributed by atoms with Gasteiger partial charge in [0.05, 0.1) is 0 Å². The van der Waals surface area contributed by atoms with Gasteiger partial charge >= 0.3 is 6.36 Å². The largest absolute Gasteiger partial charge is 0.573 e. The lowest BCUT2D eigenvalue weighted by Crippen LogP contribution is -2.11. The fraction of sp³-hybridized carbons (Fsp3) is 0.400. The molecule has 0 amide bonds. The zero-order valence-corrected chi connectivity index (χ0v) is 8.91. The van der Waals surface area contributed by atoms with E-state index in [1.165, 1.54) is 6.92 Å². The van der Waals surface area contributed by atoms with Crippen molar-refractivity contribution >= 4 is 0 Å². The molecule has 0 aromatic rings. The van der Waals surface area contributed by atoms with Crippen LogP contribution in [0.15, 0.2) is 36.4 Å². The smallest absolute Gasteiger partial charge is 0.406 e. The maximum absolute atomic E-state index is 12.6. The number of halogens is 4. The number of hydrogen-bond acceptors (Lipinski definition) is 1. The summed E-state index contributed by atoms with van der Waals surface area (Å²) in [6.07, 6.45) is -4.32. The minimum atomic E-state index is -4.84. The summed E-state index contributed by atoms with van der Waals surface area (Å²) in [6.45, 7) is 11.4. The van der Waals surface area contributed by atoms with Crippen LogP contribution < -0.4 is 0 Å². The van der Waals surface area contributed by atoms with Gasteiger partial charge in [-0.25, -0.2) is 4.39 Å². The van der Waals surface area contributed by atoms with Crippen molar-refractivity contribution in [1.82, 2.24) is 0 Å². The van der Waals surface area contributed by atoms with Crippen LogP contribution in [0.2, 0.25) is 0 Å². The van der Waals surface area contributed by atoms with Crippen LogP contribution in [-0.2, 0) is 4.74 Å². The van der Waals surface area contributed by atoms with Gasteiger partial charge in [0.25, 0.3) is 0 Å². The molecule has 0 aromatic heterocycles. The molecule has 0 spiro atoms. The molecular weight excluding hydrogens is 212 g/mol. The van der Waals surface area contributed by atoms with Gasteiger partial charge in [0.1, 0.15) is 11.6 Å². The Balaban J connectivity index is 0. The Kier molecular flexibility index (Phi) is 7.65. The van der Waals surface area contributed by atoms with Crippen LogP contribution >= 0.6 is 0 Å². The summed E-state index contributed by atoms with van der Waals surface area (Å²) < 4.78 is 50.4. The lowest BCUT2D eigenvalue weighted by molar-refractivity contribution is -0.303. The van der Waals surface area contributed by atoms with E-state index in [2.05, 4.69) is 17.9 Å². The van der Waals surface area contributed by atoms with Gasteiger partial charge < -0.3 is 4.74 Å². The highest BCUT2D eigenvalue weighted by atomic mass is 19.4. The van der Waals surface area contributed by atoms with Crippen LogP contribution in [0.1, 0.15) is 20.8 Å². The van der Waals surface area contributed by atoms with Gasteiger partial charge in [-0.3, -0.25) is 0 Å². The van der Waals surface area contributed by atoms with Crippen LogP contribution in [0.5, 0.6) is 0 Å². The SMILES string of the molecule is C=C(/C=C(/F)C(=C)C)OC(F)(F)F.CC. The summed E-state index contributed by atoms with van der Waals surface area (Å²) in [5.74, 6) is -1.71. The van der Waals surface area contributed by atoms with Gasteiger partial charge in [0.15, 0.2) is 0 Å². The molecular formula is C10H14F4O. The van der Waals surface area contributed by atoms with Crippen molar-refractivity contribution in [2.24, 2.45) is 0 Å².